The molecule has 8 nitrogen and oxygen atoms in total. The second-order valence-corrected chi connectivity index (χ2v) is 8.21. The summed E-state index contributed by atoms with van der Waals surface area (Å²) in [4.78, 5) is 31.3. The first kappa shape index (κ1) is 22.4. The van der Waals surface area contributed by atoms with Gasteiger partial charge in [0.05, 0.1) is 26.0 Å². The number of alkyl halides is 3. The summed E-state index contributed by atoms with van der Waals surface area (Å²) in [6, 6.07) is 7.43. The van der Waals surface area contributed by atoms with Gasteiger partial charge >= 0.3 is 11.5 Å². The second-order valence-electron chi connectivity index (χ2n) is 5.25. The summed E-state index contributed by atoms with van der Waals surface area (Å²) in [6.07, 6.45) is 0.459. The Morgan fingerprint density at radius 3 is 2.45 bits per heavy atom. The minimum atomic E-state index is -5.77. The van der Waals surface area contributed by atoms with E-state index < -0.39 is 42.6 Å². The fourth-order valence-electron chi connectivity index (χ4n) is 2.02. The summed E-state index contributed by atoms with van der Waals surface area (Å²) in [5.74, 6) is -1.40. The summed E-state index contributed by atoms with van der Waals surface area (Å²) in [5.41, 5.74) is -6.44. The van der Waals surface area contributed by atoms with Crippen LogP contribution in [-0.2, 0) is 14.6 Å². The van der Waals surface area contributed by atoms with E-state index in [1.54, 1.807) is 0 Å². The van der Waals surface area contributed by atoms with E-state index in [9.17, 15) is 41.3 Å². The summed E-state index contributed by atoms with van der Waals surface area (Å²) < 4.78 is 65.7. The van der Waals surface area contributed by atoms with Crippen LogP contribution in [0.1, 0.15) is 10.4 Å². The summed E-state index contributed by atoms with van der Waals surface area (Å²) in [6.45, 7) is 0. The lowest BCUT2D eigenvalue weighted by atomic mass is 10.2. The van der Waals surface area contributed by atoms with Crippen LogP contribution >= 0.6 is 11.8 Å². The highest BCUT2D eigenvalue weighted by atomic mass is 32.2. The molecule has 0 fully saturated rings. The third-order valence-corrected chi connectivity index (χ3v) is 5.88. The molecule has 0 radical (unpaired) electrons. The monoisotopic (exact) mass is 449 g/mol. The van der Waals surface area contributed by atoms with Crippen molar-refractivity contribution >= 4 is 39.5 Å². The quantitative estimate of drug-likeness (QED) is 0.158. The zero-order valence-corrected chi connectivity index (χ0v) is 15.7. The molecule has 2 aromatic rings. The number of ether oxygens (including phenoxy) is 1. The van der Waals surface area contributed by atoms with Gasteiger partial charge < -0.3 is 4.74 Å². The molecule has 2 aromatic carbocycles. The van der Waals surface area contributed by atoms with Crippen molar-refractivity contribution in [2.75, 3.05) is 5.75 Å². The number of hydrogen-bond acceptors (Lipinski definition) is 8. The normalized spacial score (nSPS) is 11.7. The van der Waals surface area contributed by atoms with Crippen LogP contribution in [0.15, 0.2) is 52.3 Å². The topological polar surface area (TPSA) is 121 Å². The van der Waals surface area contributed by atoms with E-state index in [-0.39, 0.29) is 22.3 Å². The molecule has 0 saturated heterocycles. The molecular weight excluding hydrogens is 439 g/mol. The van der Waals surface area contributed by atoms with E-state index in [1.807, 2.05) is 0 Å². The van der Waals surface area contributed by atoms with Crippen molar-refractivity contribution in [1.29, 1.82) is 0 Å². The van der Waals surface area contributed by atoms with E-state index in [0.29, 0.717) is 24.1 Å². The summed E-state index contributed by atoms with van der Waals surface area (Å²) >= 11 is 0.562. The molecule has 0 unspecified atom stereocenters. The molecule has 2 rings (SSSR count). The van der Waals surface area contributed by atoms with Gasteiger partial charge in [-0.3, -0.25) is 19.7 Å². The number of halogens is 3. The van der Waals surface area contributed by atoms with Gasteiger partial charge in [0.25, 0.3) is 15.5 Å². The number of esters is 1. The van der Waals surface area contributed by atoms with E-state index in [1.165, 1.54) is 24.3 Å². The minimum absolute atomic E-state index is 0.0331. The van der Waals surface area contributed by atoms with Crippen LogP contribution in [0.25, 0.3) is 0 Å². The number of rotatable bonds is 7. The van der Waals surface area contributed by atoms with Crippen molar-refractivity contribution in [1.82, 2.24) is 0 Å². The fraction of sp³-hybridized carbons (Fsp3) is 0.125. The summed E-state index contributed by atoms with van der Waals surface area (Å²) in [7, 11) is -5.77. The van der Waals surface area contributed by atoms with E-state index in [2.05, 4.69) is 0 Å². The van der Waals surface area contributed by atoms with Crippen molar-refractivity contribution in [3.05, 3.63) is 58.1 Å². The van der Waals surface area contributed by atoms with Gasteiger partial charge in [0, 0.05) is 6.07 Å². The highest BCUT2D eigenvalue weighted by Crippen LogP contribution is 2.36. The number of sulfone groups is 1. The number of nitrogens with zero attached hydrogens (tertiary/aromatic N) is 1. The molecule has 29 heavy (non-hydrogen) atoms. The van der Waals surface area contributed by atoms with Gasteiger partial charge in [0.2, 0.25) is 0 Å². The molecule has 154 valence electrons. The SMILES string of the molecule is O=Cc1ccccc1OC(=O)CSc1ccc(S(=O)(=O)C(F)(F)F)cc1[N+](=O)[O-]. The number of hydrogen-bond donors (Lipinski definition) is 0. The van der Waals surface area contributed by atoms with Gasteiger partial charge in [-0.25, -0.2) is 8.42 Å². The molecule has 0 atom stereocenters. The van der Waals surface area contributed by atoms with Crippen LogP contribution < -0.4 is 4.74 Å². The Hall–Kier alpha value is -2.93. The third-order valence-electron chi connectivity index (χ3n) is 3.36. The maximum Gasteiger partial charge on any atom is 0.501 e. The largest absolute Gasteiger partial charge is 0.501 e. The predicted octanol–water partition coefficient (Wildman–Crippen LogP) is 3.40. The first-order chi connectivity index (χ1) is 13.5. The van der Waals surface area contributed by atoms with Gasteiger partial charge in [-0.05, 0) is 24.3 Å². The van der Waals surface area contributed by atoms with Crippen LogP contribution in [0.2, 0.25) is 0 Å². The molecule has 0 aliphatic rings. The summed E-state index contributed by atoms with van der Waals surface area (Å²) in [5, 5.41) is 11.1. The average Bonchev–Trinajstić information content (AvgIpc) is 2.65. The average molecular weight is 449 g/mol. The lowest BCUT2D eigenvalue weighted by Crippen LogP contribution is -2.23. The molecule has 0 bridgehead atoms. The number of carbonyl (C=O) groups is 2. The fourth-order valence-corrected chi connectivity index (χ4v) is 3.58. The molecule has 0 heterocycles. The van der Waals surface area contributed by atoms with Crippen molar-refractivity contribution in [3.8, 4) is 5.75 Å². The van der Waals surface area contributed by atoms with Crippen LogP contribution in [0.4, 0.5) is 18.9 Å². The zero-order valence-electron chi connectivity index (χ0n) is 14.1. The molecule has 0 aliphatic carbocycles. The lowest BCUT2D eigenvalue weighted by Gasteiger charge is -2.09. The standard InChI is InChI=1S/C16H10F3NO7S2/c17-16(18,19)29(25,26)11-5-6-14(12(7-11)20(23)24)28-9-15(22)27-13-4-2-1-3-10(13)8-21/h1-8H,9H2. The van der Waals surface area contributed by atoms with E-state index in [4.69, 9.17) is 4.74 Å². The van der Waals surface area contributed by atoms with Gasteiger partial charge in [-0.15, -0.1) is 11.8 Å². The number of nitro groups is 1. The first-order valence-electron chi connectivity index (χ1n) is 7.45. The zero-order chi connectivity index (χ0) is 21.8. The van der Waals surface area contributed by atoms with E-state index >= 15 is 0 Å². The number of para-hydroxylation sites is 1. The van der Waals surface area contributed by atoms with E-state index in [0.717, 1.165) is 6.07 Å². The van der Waals surface area contributed by atoms with Crippen LogP contribution in [0, 0.1) is 10.1 Å². The molecule has 13 heteroatoms. The predicted molar refractivity (Wildman–Crippen MR) is 94.5 cm³/mol. The number of nitro benzene ring substituents is 1. The van der Waals surface area contributed by atoms with Gasteiger partial charge in [-0.1, -0.05) is 12.1 Å². The molecular formula is C16H10F3NO7S2. The van der Waals surface area contributed by atoms with Crippen LogP contribution in [0.5, 0.6) is 5.75 Å². The molecule has 0 amide bonds. The Bertz CT molecular complexity index is 1070. The highest BCUT2D eigenvalue weighted by Gasteiger charge is 2.47. The Balaban J connectivity index is 2.22. The molecule has 0 aliphatic heterocycles. The van der Waals surface area contributed by atoms with Crippen molar-refractivity contribution in [3.63, 3.8) is 0 Å². The molecule has 0 aromatic heterocycles. The van der Waals surface area contributed by atoms with Gasteiger partial charge in [0.1, 0.15) is 5.75 Å². The van der Waals surface area contributed by atoms with Crippen molar-refractivity contribution in [2.45, 2.75) is 15.3 Å². The Morgan fingerprint density at radius 2 is 1.86 bits per heavy atom. The molecule has 0 spiro atoms. The minimum Gasteiger partial charge on any atom is -0.425 e. The number of thioether (sulfide) groups is 1. The number of carbonyl (C=O) groups excluding carboxylic acids is 2. The molecule has 0 saturated carbocycles. The number of benzene rings is 2. The maximum atomic E-state index is 12.6. The van der Waals surface area contributed by atoms with Gasteiger partial charge in [0.15, 0.2) is 6.29 Å². The van der Waals surface area contributed by atoms with Crippen molar-refractivity contribution in [2.24, 2.45) is 0 Å². The van der Waals surface area contributed by atoms with Crippen LogP contribution in [0.3, 0.4) is 0 Å². The smallest absolute Gasteiger partial charge is 0.425 e. The van der Waals surface area contributed by atoms with Crippen molar-refractivity contribution < 1.29 is 40.8 Å². The maximum absolute atomic E-state index is 12.6. The Morgan fingerprint density at radius 1 is 1.21 bits per heavy atom. The highest BCUT2D eigenvalue weighted by molar-refractivity contribution is 8.00. The Kier molecular flexibility index (Phi) is 6.64. The van der Waals surface area contributed by atoms with Crippen LogP contribution in [-0.4, -0.2) is 36.9 Å². The third kappa shape index (κ3) is 5.12. The molecule has 0 N–H and O–H groups in total. The Labute approximate surface area is 165 Å². The second kappa shape index (κ2) is 8.61. The van der Waals surface area contributed by atoms with Gasteiger partial charge in [-0.2, -0.15) is 13.2 Å². The lowest BCUT2D eigenvalue weighted by molar-refractivity contribution is -0.388. The first-order valence-corrected chi connectivity index (χ1v) is 9.91. The number of aldehydes is 1.